The van der Waals surface area contributed by atoms with Crippen molar-refractivity contribution in [3.8, 4) is 0 Å². The molecule has 5 heteroatoms. The van der Waals surface area contributed by atoms with Gasteiger partial charge in [-0.3, -0.25) is 0 Å². The molecule has 0 saturated heterocycles. The van der Waals surface area contributed by atoms with Crippen LogP contribution in [0.1, 0.15) is 52.8 Å². The fourth-order valence-corrected chi connectivity index (χ4v) is 2.63. The number of hydrogen-bond acceptors (Lipinski definition) is 5. The summed E-state index contributed by atoms with van der Waals surface area (Å²) in [7, 11) is 0. The molecule has 1 aromatic rings. The first-order valence-corrected chi connectivity index (χ1v) is 7.94. The summed E-state index contributed by atoms with van der Waals surface area (Å²) >= 11 is 0. The van der Waals surface area contributed by atoms with Crippen LogP contribution in [0.3, 0.4) is 0 Å². The van der Waals surface area contributed by atoms with Crippen LogP contribution in [0.4, 0.5) is 11.6 Å². The smallest absolute Gasteiger partial charge is 0.138 e. The molecule has 0 radical (unpaired) electrons. The van der Waals surface area contributed by atoms with Crippen molar-refractivity contribution in [2.75, 3.05) is 23.7 Å². The highest BCUT2D eigenvalue weighted by Gasteiger charge is 2.23. The van der Waals surface area contributed by atoms with E-state index in [0.29, 0.717) is 5.92 Å². The van der Waals surface area contributed by atoms with Crippen molar-refractivity contribution in [1.82, 2.24) is 9.97 Å². The van der Waals surface area contributed by atoms with Gasteiger partial charge in [0.05, 0.1) is 6.10 Å². The van der Waals surface area contributed by atoms with Crippen molar-refractivity contribution in [2.24, 2.45) is 5.92 Å². The van der Waals surface area contributed by atoms with E-state index in [1.54, 1.807) is 0 Å². The van der Waals surface area contributed by atoms with E-state index >= 15 is 0 Å². The zero-order valence-corrected chi connectivity index (χ0v) is 13.6. The highest BCUT2D eigenvalue weighted by atomic mass is 16.3. The summed E-state index contributed by atoms with van der Waals surface area (Å²) in [5, 5.41) is 16.3. The Hall–Kier alpha value is -1.36. The minimum absolute atomic E-state index is 0.0780. The molecule has 0 aliphatic heterocycles. The number of rotatable bonds is 5. The Morgan fingerprint density at radius 1 is 1.19 bits per heavy atom. The van der Waals surface area contributed by atoms with Gasteiger partial charge in [-0.15, -0.1) is 0 Å². The SMILES string of the molecule is CCNc1cc(NCC2CCC(O)C2)nc(C(C)(C)C)n1. The summed E-state index contributed by atoms with van der Waals surface area (Å²) < 4.78 is 0. The van der Waals surface area contributed by atoms with Crippen molar-refractivity contribution >= 4 is 11.6 Å². The molecule has 1 aliphatic carbocycles. The molecule has 1 heterocycles. The second kappa shape index (κ2) is 6.60. The third-order valence-corrected chi connectivity index (χ3v) is 3.84. The van der Waals surface area contributed by atoms with Crippen LogP contribution >= 0.6 is 0 Å². The van der Waals surface area contributed by atoms with Gasteiger partial charge in [-0.2, -0.15) is 0 Å². The van der Waals surface area contributed by atoms with E-state index < -0.39 is 0 Å². The van der Waals surface area contributed by atoms with E-state index in [1.165, 1.54) is 0 Å². The van der Waals surface area contributed by atoms with Crippen molar-refractivity contribution in [3.63, 3.8) is 0 Å². The minimum atomic E-state index is -0.121. The standard InChI is InChI=1S/C16H28N4O/c1-5-17-13-9-14(20-15(19-13)16(2,3)4)18-10-11-6-7-12(21)8-11/h9,11-12,21H,5-8,10H2,1-4H3,(H2,17,18,19,20). The number of aliphatic hydroxyl groups excluding tert-OH is 1. The Balaban J connectivity index is 2.08. The molecular formula is C16H28N4O. The van der Waals surface area contributed by atoms with Crippen molar-refractivity contribution in [3.05, 3.63) is 11.9 Å². The first-order valence-electron chi connectivity index (χ1n) is 7.94. The minimum Gasteiger partial charge on any atom is -0.393 e. The lowest BCUT2D eigenvalue weighted by Crippen LogP contribution is -2.20. The Labute approximate surface area is 127 Å². The van der Waals surface area contributed by atoms with Gasteiger partial charge in [-0.1, -0.05) is 20.8 Å². The van der Waals surface area contributed by atoms with Gasteiger partial charge in [0, 0.05) is 24.6 Å². The highest BCUT2D eigenvalue weighted by Crippen LogP contribution is 2.26. The third-order valence-electron chi connectivity index (χ3n) is 3.84. The summed E-state index contributed by atoms with van der Waals surface area (Å²) in [5.74, 6) is 3.11. The fourth-order valence-electron chi connectivity index (χ4n) is 2.63. The molecule has 3 N–H and O–H groups in total. The van der Waals surface area contributed by atoms with Crippen LogP contribution in [0.5, 0.6) is 0 Å². The molecule has 5 nitrogen and oxygen atoms in total. The van der Waals surface area contributed by atoms with Crippen LogP contribution in [-0.4, -0.2) is 34.3 Å². The zero-order chi connectivity index (χ0) is 15.5. The number of aliphatic hydroxyl groups is 1. The molecule has 1 aliphatic rings. The van der Waals surface area contributed by atoms with E-state index in [1.807, 2.05) is 6.07 Å². The molecule has 1 saturated carbocycles. The van der Waals surface area contributed by atoms with Gasteiger partial charge in [-0.05, 0) is 32.1 Å². The maximum atomic E-state index is 9.60. The third kappa shape index (κ3) is 4.56. The van der Waals surface area contributed by atoms with Gasteiger partial charge in [-0.25, -0.2) is 9.97 Å². The molecule has 0 aromatic carbocycles. The summed E-state index contributed by atoms with van der Waals surface area (Å²) in [6, 6.07) is 1.96. The largest absolute Gasteiger partial charge is 0.393 e. The lowest BCUT2D eigenvalue weighted by Gasteiger charge is -2.20. The van der Waals surface area contributed by atoms with Crippen LogP contribution in [0, 0.1) is 5.92 Å². The van der Waals surface area contributed by atoms with Gasteiger partial charge in [0.2, 0.25) is 0 Å². The Kier molecular flexibility index (Phi) is 5.04. The topological polar surface area (TPSA) is 70.1 Å². The monoisotopic (exact) mass is 292 g/mol. The first-order chi connectivity index (χ1) is 9.88. The van der Waals surface area contributed by atoms with Crippen molar-refractivity contribution in [1.29, 1.82) is 0 Å². The maximum absolute atomic E-state index is 9.60. The van der Waals surface area contributed by atoms with E-state index in [2.05, 4.69) is 48.3 Å². The van der Waals surface area contributed by atoms with Crippen LogP contribution in [-0.2, 0) is 5.41 Å². The highest BCUT2D eigenvalue weighted by molar-refractivity contribution is 5.48. The first kappa shape index (κ1) is 16.0. The van der Waals surface area contributed by atoms with Crippen LogP contribution < -0.4 is 10.6 Å². The van der Waals surface area contributed by atoms with Crippen LogP contribution in [0.15, 0.2) is 6.07 Å². The molecule has 2 unspecified atom stereocenters. The van der Waals surface area contributed by atoms with Crippen LogP contribution in [0.2, 0.25) is 0 Å². The number of aromatic nitrogens is 2. The van der Waals surface area contributed by atoms with Gasteiger partial charge in [0.15, 0.2) is 0 Å². The molecule has 1 fully saturated rings. The average Bonchev–Trinajstić information content (AvgIpc) is 2.81. The number of nitrogens with one attached hydrogen (secondary N) is 2. The quantitative estimate of drug-likeness (QED) is 0.778. The van der Waals surface area contributed by atoms with Gasteiger partial charge < -0.3 is 15.7 Å². The lowest BCUT2D eigenvalue weighted by molar-refractivity contribution is 0.178. The van der Waals surface area contributed by atoms with E-state index in [0.717, 1.165) is 49.8 Å². The normalized spacial score (nSPS) is 22.3. The lowest BCUT2D eigenvalue weighted by atomic mass is 9.96. The molecule has 21 heavy (non-hydrogen) atoms. The van der Waals surface area contributed by atoms with Gasteiger partial charge in [0.25, 0.3) is 0 Å². The molecule has 0 spiro atoms. The van der Waals surface area contributed by atoms with Crippen LogP contribution in [0.25, 0.3) is 0 Å². The molecular weight excluding hydrogens is 264 g/mol. The molecule has 2 atom stereocenters. The zero-order valence-electron chi connectivity index (χ0n) is 13.6. The molecule has 118 valence electrons. The van der Waals surface area contributed by atoms with Gasteiger partial charge in [0.1, 0.15) is 17.5 Å². The summed E-state index contributed by atoms with van der Waals surface area (Å²) in [6.07, 6.45) is 2.78. The number of hydrogen-bond donors (Lipinski definition) is 3. The van der Waals surface area contributed by atoms with E-state index in [4.69, 9.17) is 0 Å². The van der Waals surface area contributed by atoms with Crippen molar-refractivity contribution in [2.45, 2.75) is 58.5 Å². The predicted molar refractivity (Wildman–Crippen MR) is 86.7 cm³/mol. The summed E-state index contributed by atoms with van der Waals surface area (Å²) in [5.41, 5.74) is -0.0780. The fraction of sp³-hybridized carbons (Fsp3) is 0.750. The second-order valence-electron chi connectivity index (χ2n) is 6.96. The molecule has 1 aromatic heterocycles. The predicted octanol–water partition coefficient (Wildman–Crippen LogP) is 2.78. The summed E-state index contributed by atoms with van der Waals surface area (Å²) in [4.78, 5) is 9.23. The average molecular weight is 292 g/mol. The Morgan fingerprint density at radius 2 is 1.86 bits per heavy atom. The molecule has 0 bridgehead atoms. The number of nitrogens with zero attached hydrogens (tertiary/aromatic N) is 2. The number of anilines is 2. The van der Waals surface area contributed by atoms with Gasteiger partial charge >= 0.3 is 0 Å². The second-order valence-corrected chi connectivity index (χ2v) is 6.96. The summed E-state index contributed by atoms with van der Waals surface area (Å²) in [6.45, 7) is 10.1. The maximum Gasteiger partial charge on any atom is 0.138 e. The van der Waals surface area contributed by atoms with E-state index in [-0.39, 0.29) is 11.5 Å². The molecule has 2 rings (SSSR count). The van der Waals surface area contributed by atoms with E-state index in [9.17, 15) is 5.11 Å². The Bertz CT molecular complexity index is 470. The van der Waals surface area contributed by atoms with Crippen molar-refractivity contribution < 1.29 is 5.11 Å². The Morgan fingerprint density at radius 3 is 2.38 bits per heavy atom. The molecule has 0 amide bonds.